The Hall–Kier alpha value is -1.70. The summed E-state index contributed by atoms with van der Waals surface area (Å²) >= 11 is 0. The second kappa shape index (κ2) is 6.38. The first-order valence-electron chi connectivity index (χ1n) is 5.80. The summed E-state index contributed by atoms with van der Waals surface area (Å²) in [7, 11) is 0. The van der Waals surface area contributed by atoms with E-state index in [-0.39, 0.29) is 0 Å². The van der Waals surface area contributed by atoms with Crippen LogP contribution in [0.5, 0.6) is 0 Å². The van der Waals surface area contributed by atoms with Gasteiger partial charge in [0.25, 0.3) is 0 Å². The van der Waals surface area contributed by atoms with E-state index in [1.807, 2.05) is 10.6 Å². The third kappa shape index (κ3) is 2.37. The molecule has 4 amide bonds. The smallest absolute Gasteiger partial charge is 0.323 e. The number of nitrogens with one attached hydrogen (secondary N) is 2. The molecule has 0 aliphatic carbocycles. The fourth-order valence-corrected chi connectivity index (χ4v) is 2.19. The second-order valence-corrected chi connectivity index (χ2v) is 4.20. The second-order valence-electron chi connectivity index (χ2n) is 4.20. The van der Waals surface area contributed by atoms with E-state index in [1.165, 1.54) is 0 Å². The fourth-order valence-electron chi connectivity index (χ4n) is 2.19. The van der Waals surface area contributed by atoms with E-state index in [9.17, 15) is 30.0 Å². The highest BCUT2D eigenvalue weighted by Crippen LogP contribution is 2.35. The molecule has 21 heavy (non-hydrogen) atoms. The Labute approximate surface area is 118 Å². The maximum absolute atomic E-state index is 11.8. The van der Waals surface area contributed by atoms with Gasteiger partial charge in [-0.3, -0.25) is 9.80 Å². The molecule has 0 bridgehead atoms. The van der Waals surface area contributed by atoms with Crippen molar-refractivity contribution in [2.75, 3.05) is 33.4 Å². The van der Waals surface area contributed by atoms with Crippen molar-refractivity contribution < 1.29 is 40.2 Å². The van der Waals surface area contributed by atoms with Crippen molar-refractivity contribution in [1.82, 2.24) is 20.4 Å². The molecule has 0 saturated carbocycles. The summed E-state index contributed by atoms with van der Waals surface area (Å²) in [4.78, 5) is 24.3. The molecule has 1 fully saturated rings. The number of amides is 4. The van der Waals surface area contributed by atoms with Crippen LogP contribution < -0.4 is 10.6 Å². The Morgan fingerprint density at radius 1 is 1.24 bits per heavy atom. The zero-order valence-corrected chi connectivity index (χ0v) is 10.9. The number of carbonyl (C=O) groups is 2. The van der Waals surface area contributed by atoms with Gasteiger partial charge in [-0.2, -0.15) is 0 Å². The molecule has 1 rings (SSSR count). The Kier molecular flexibility index (Phi) is 5.27. The molecule has 1 heterocycles. The van der Waals surface area contributed by atoms with Crippen molar-refractivity contribution in [2.45, 2.75) is 11.4 Å². The van der Waals surface area contributed by atoms with Crippen molar-refractivity contribution in [3.63, 3.8) is 0 Å². The molecule has 0 aromatic rings. The normalized spacial score (nSPS) is 28.5. The Bertz CT molecular complexity index is 409. The van der Waals surface area contributed by atoms with E-state index in [0.29, 0.717) is 9.80 Å². The summed E-state index contributed by atoms with van der Waals surface area (Å²) in [6.45, 7) is -5.16. The van der Waals surface area contributed by atoms with Crippen LogP contribution in [0.25, 0.3) is 0 Å². The summed E-state index contributed by atoms with van der Waals surface area (Å²) < 4.78 is 0. The first-order valence-corrected chi connectivity index (χ1v) is 5.80. The van der Waals surface area contributed by atoms with Gasteiger partial charge in [0.2, 0.25) is 5.72 Å². The molecule has 2 unspecified atom stereocenters. The van der Waals surface area contributed by atoms with E-state index in [4.69, 9.17) is 10.2 Å². The van der Waals surface area contributed by atoms with Crippen molar-refractivity contribution >= 4 is 12.1 Å². The third-order valence-electron chi connectivity index (χ3n) is 3.34. The predicted octanol–water partition coefficient (Wildman–Crippen LogP) is -4.76. The lowest BCUT2D eigenvalue weighted by atomic mass is 9.96. The van der Waals surface area contributed by atoms with Gasteiger partial charge in [0.15, 0.2) is 5.66 Å². The summed E-state index contributed by atoms with van der Waals surface area (Å²) in [5.41, 5.74) is -4.95. The highest BCUT2D eigenvalue weighted by Gasteiger charge is 2.66. The van der Waals surface area contributed by atoms with Gasteiger partial charge in [-0.25, -0.2) is 9.59 Å². The highest BCUT2D eigenvalue weighted by atomic mass is 16.4. The van der Waals surface area contributed by atoms with Gasteiger partial charge in [0, 0.05) is 0 Å². The number of nitrogens with zero attached hydrogens (tertiary/aromatic N) is 2. The first kappa shape index (κ1) is 17.4. The molecule has 1 aliphatic heterocycles. The van der Waals surface area contributed by atoms with Gasteiger partial charge in [-0.15, -0.1) is 0 Å². The maximum Gasteiger partial charge on any atom is 0.323 e. The lowest BCUT2D eigenvalue weighted by molar-refractivity contribution is -0.210. The van der Waals surface area contributed by atoms with Gasteiger partial charge in [-0.1, -0.05) is 0 Å². The number of hydrogen-bond acceptors (Lipinski definition) is 8. The number of carbonyl (C=O) groups excluding carboxylic acids is 2. The lowest BCUT2D eigenvalue weighted by Crippen LogP contribution is -2.75. The number of aliphatic hydroxyl groups excluding tert-OH is 5. The summed E-state index contributed by atoms with van der Waals surface area (Å²) in [5.74, 6) is 0. The molecule has 12 heteroatoms. The summed E-state index contributed by atoms with van der Waals surface area (Å²) in [6, 6.07) is -2.22. The Balaban J connectivity index is 3.35. The van der Waals surface area contributed by atoms with Crippen molar-refractivity contribution in [3.05, 3.63) is 0 Å². The number of rotatable bonds is 6. The van der Waals surface area contributed by atoms with Crippen LogP contribution in [0, 0.1) is 0 Å². The molecule has 8 N–H and O–H groups in total. The SMILES string of the molecule is O=C1NC(CO)(N(CO)C(=O)NCO)C(O)(CO)N1CO. The van der Waals surface area contributed by atoms with Gasteiger partial charge in [0.05, 0.1) is 13.2 Å². The zero-order valence-electron chi connectivity index (χ0n) is 10.9. The van der Waals surface area contributed by atoms with Gasteiger partial charge in [0.1, 0.15) is 20.2 Å². The predicted molar refractivity (Wildman–Crippen MR) is 63.9 cm³/mol. The van der Waals surface area contributed by atoms with Crippen LogP contribution in [0.3, 0.4) is 0 Å². The quantitative estimate of drug-likeness (QED) is 0.224. The lowest BCUT2D eigenvalue weighted by Gasteiger charge is -2.46. The molecule has 0 aromatic heterocycles. The molecule has 2 atom stereocenters. The average Bonchev–Trinajstić information content (AvgIpc) is 2.68. The van der Waals surface area contributed by atoms with Crippen LogP contribution in [0.1, 0.15) is 0 Å². The topological polar surface area (TPSA) is 186 Å². The van der Waals surface area contributed by atoms with Crippen LogP contribution in [-0.4, -0.2) is 97.3 Å². The Morgan fingerprint density at radius 2 is 1.86 bits per heavy atom. The molecule has 0 spiro atoms. The minimum absolute atomic E-state index is 0.373. The Morgan fingerprint density at radius 3 is 2.24 bits per heavy atom. The van der Waals surface area contributed by atoms with Crippen LogP contribution in [0.15, 0.2) is 0 Å². The number of hydrogen-bond donors (Lipinski definition) is 8. The van der Waals surface area contributed by atoms with Crippen LogP contribution in [0.4, 0.5) is 9.59 Å². The minimum atomic E-state index is -2.61. The monoisotopic (exact) mass is 310 g/mol. The highest BCUT2D eigenvalue weighted by molar-refractivity contribution is 5.82. The standard InChI is InChI=1S/C9H18N4O8/c14-1-8(12(4-17)6(19)10-3-16)9(21,2-15)13(5-18)7(20)11-8/h14-18,21H,1-5H2,(H,10,19)(H,11,20). The zero-order chi connectivity index (χ0) is 16.3. The van der Waals surface area contributed by atoms with Crippen molar-refractivity contribution in [1.29, 1.82) is 0 Å². The molecule has 1 saturated heterocycles. The average molecular weight is 310 g/mol. The van der Waals surface area contributed by atoms with E-state index in [2.05, 4.69) is 0 Å². The van der Waals surface area contributed by atoms with Gasteiger partial charge >= 0.3 is 12.1 Å². The van der Waals surface area contributed by atoms with Crippen LogP contribution in [0.2, 0.25) is 0 Å². The minimum Gasteiger partial charge on any atom is -0.392 e. The summed E-state index contributed by atoms with van der Waals surface area (Å²) in [6.07, 6.45) is 0. The van der Waals surface area contributed by atoms with Gasteiger partial charge in [-0.05, 0) is 0 Å². The van der Waals surface area contributed by atoms with Crippen molar-refractivity contribution in [3.8, 4) is 0 Å². The van der Waals surface area contributed by atoms with Gasteiger partial charge < -0.3 is 41.3 Å². The van der Waals surface area contributed by atoms with E-state index in [1.54, 1.807) is 0 Å². The first-order chi connectivity index (χ1) is 9.88. The number of aliphatic hydroxyl groups is 6. The molecular formula is C9H18N4O8. The van der Waals surface area contributed by atoms with Crippen LogP contribution in [-0.2, 0) is 0 Å². The molecule has 122 valence electrons. The molecule has 1 aliphatic rings. The molecule has 0 radical (unpaired) electrons. The molecule has 12 nitrogen and oxygen atoms in total. The molecule has 0 aromatic carbocycles. The summed E-state index contributed by atoms with van der Waals surface area (Å²) in [5, 5.41) is 60.4. The molecular weight excluding hydrogens is 292 g/mol. The van der Waals surface area contributed by atoms with E-state index >= 15 is 0 Å². The fraction of sp³-hybridized carbons (Fsp3) is 0.778. The van der Waals surface area contributed by atoms with E-state index < -0.39 is 56.9 Å². The largest absolute Gasteiger partial charge is 0.392 e. The van der Waals surface area contributed by atoms with E-state index in [0.717, 1.165) is 0 Å². The third-order valence-corrected chi connectivity index (χ3v) is 3.34. The van der Waals surface area contributed by atoms with Crippen molar-refractivity contribution in [2.24, 2.45) is 0 Å². The van der Waals surface area contributed by atoms with Crippen LogP contribution >= 0.6 is 0 Å². The maximum atomic E-state index is 11.8. The number of urea groups is 2.